The molecule has 16 heavy (non-hydrogen) atoms. The molecule has 1 unspecified atom stereocenters. The van der Waals surface area contributed by atoms with Crippen molar-refractivity contribution in [3.8, 4) is 5.75 Å². The highest BCUT2D eigenvalue weighted by Crippen LogP contribution is 2.32. The van der Waals surface area contributed by atoms with Crippen molar-refractivity contribution in [1.29, 1.82) is 0 Å². The molecule has 0 heterocycles. The highest BCUT2D eigenvalue weighted by atomic mass is 79.9. The van der Waals surface area contributed by atoms with Crippen LogP contribution in [0.1, 0.15) is 6.92 Å². The number of benzene rings is 1. The summed E-state index contributed by atoms with van der Waals surface area (Å²) in [7, 11) is 0. The molecule has 0 bridgehead atoms. The van der Waals surface area contributed by atoms with Crippen LogP contribution in [0.2, 0.25) is 0 Å². The highest BCUT2D eigenvalue weighted by molar-refractivity contribution is 9.10. The molecule has 0 amide bonds. The molecule has 2 N–H and O–H groups in total. The molecule has 1 aromatic rings. The number of halogens is 5. The second-order valence-electron chi connectivity index (χ2n) is 3.11. The van der Waals surface area contributed by atoms with Gasteiger partial charge in [-0.25, -0.2) is 4.39 Å². The topological polar surface area (TPSA) is 35.2 Å². The summed E-state index contributed by atoms with van der Waals surface area (Å²) in [5, 5.41) is 0. The van der Waals surface area contributed by atoms with Crippen LogP contribution in [0.5, 0.6) is 5.75 Å². The van der Waals surface area contributed by atoms with Crippen molar-refractivity contribution in [2.75, 3.05) is 5.73 Å². The van der Waals surface area contributed by atoms with Gasteiger partial charge in [-0.1, -0.05) is 0 Å². The van der Waals surface area contributed by atoms with E-state index >= 15 is 0 Å². The van der Waals surface area contributed by atoms with Crippen LogP contribution in [0, 0.1) is 5.82 Å². The van der Waals surface area contributed by atoms with Gasteiger partial charge in [-0.3, -0.25) is 0 Å². The molecular formula is C9H8BrF4NO. The molecule has 7 heteroatoms. The van der Waals surface area contributed by atoms with E-state index in [0.29, 0.717) is 0 Å². The lowest BCUT2D eigenvalue weighted by molar-refractivity contribution is -0.189. The third-order valence-electron chi connectivity index (χ3n) is 1.82. The van der Waals surface area contributed by atoms with Gasteiger partial charge >= 0.3 is 6.18 Å². The van der Waals surface area contributed by atoms with Gasteiger partial charge in [0.25, 0.3) is 0 Å². The van der Waals surface area contributed by atoms with Crippen molar-refractivity contribution in [3.05, 3.63) is 22.4 Å². The molecule has 0 saturated carbocycles. The molecule has 0 aliphatic carbocycles. The fourth-order valence-corrected chi connectivity index (χ4v) is 1.23. The standard InChI is InChI=1S/C9H8BrF4NO/c1-4(9(12,13)14)16-8-2-5(10)6(11)3-7(8)15/h2-4H,15H2,1H3. The van der Waals surface area contributed by atoms with Crippen LogP contribution in [0.15, 0.2) is 16.6 Å². The Morgan fingerprint density at radius 2 is 1.94 bits per heavy atom. The van der Waals surface area contributed by atoms with E-state index < -0.39 is 18.1 Å². The van der Waals surface area contributed by atoms with Crippen LogP contribution in [-0.2, 0) is 0 Å². The van der Waals surface area contributed by atoms with Crippen molar-refractivity contribution in [2.24, 2.45) is 0 Å². The zero-order valence-corrected chi connectivity index (χ0v) is 9.69. The van der Waals surface area contributed by atoms with Crippen molar-refractivity contribution in [1.82, 2.24) is 0 Å². The van der Waals surface area contributed by atoms with Gasteiger partial charge in [-0.15, -0.1) is 0 Å². The predicted molar refractivity (Wildman–Crippen MR) is 54.7 cm³/mol. The Bertz CT molecular complexity index is 394. The first-order chi connectivity index (χ1) is 7.21. The molecule has 1 aromatic carbocycles. The van der Waals surface area contributed by atoms with Crippen molar-refractivity contribution < 1.29 is 22.3 Å². The van der Waals surface area contributed by atoms with Crippen LogP contribution in [-0.4, -0.2) is 12.3 Å². The van der Waals surface area contributed by atoms with E-state index in [1.54, 1.807) is 0 Å². The van der Waals surface area contributed by atoms with E-state index in [0.717, 1.165) is 19.1 Å². The molecule has 0 fully saturated rings. The quantitative estimate of drug-likeness (QED) is 0.670. The van der Waals surface area contributed by atoms with Gasteiger partial charge in [-0.2, -0.15) is 13.2 Å². The molecular weight excluding hydrogens is 294 g/mol. The van der Waals surface area contributed by atoms with Crippen molar-refractivity contribution in [3.63, 3.8) is 0 Å². The van der Waals surface area contributed by atoms with Crippen LogP contribution in [0.25, 0.3) is 0 Å². The van der Waals surface area contributed by atoms with E-state index in [2.05, 4.69) is 20.7 Å². The summed E-state index contributed by atoms with van der Waals surface area (Å²) in [5.41, 5.74) is 5.15. The lowest BCUT2D eigenvalue weighted by atomic mass is 10.3. The maximum absolute atomic E-state index is 12.9. The Morgan fingerprint density at radius 3 is 2.44 bits per heavy atom. The number of hydrogen-bond acceptors (Lipinski definition) is 2. The normalized spacial score (nSPS) is 13.6. The van der Waals surface area contributed by atoms with Crippen LogP contribution in [0.4, 0.5) is 23.2 Å². The number of nitrogens with two attached hydrogens (primary N) is 1. The first kappa shape index (κ1) is 13.1. The number of nitrogen functional groups attached to an aromatic ring is 1. The SMILES string of the molecule is CC(Oc1cc(Br)c(F)cc1N)C(F)(F)F. The van der Waals surface area contributed by atoms with E-state index in [1.165, 1.54) is 0 Å². The second-order valence-corrected chi connectivity index (χ2v) is 3.96. The fraction of sp³-hybridized carbons (Fsp3) is 0.333. The first-order valence-corrected chi connectivity index (χ1v) is 4.99. The number of alkyl halides is 3. The zero-order chi connectivity index (χ0) is 12.5. The van der Waals surface area contributed by atoms with Crippen LogP contribution < -0.4 is 10.5 Å². The Labute approximate surface area is 97.5 Å². The molecule has 0 aromatic heterocycles. The van der Waals surface area contributed by atoms with Crippen molar-refractivity contribution >= 4 is 21.6 Å². The summed E-state index contributed by atoms with van der Waals surface area (Å²) >= 11 is 2.83. The van der Waals surface area contributed by atoms with Gasteiger partial charge in [-0.05, 0) is 28.9 Å². The average molecular weight is 302 g/mol. The summed E-state index contributed by atoms with van der Waals surface area (Å²) in [4.78, 5) is 0. The molecule has 1 rings (SSSR count). The lowest BCUT2D eigenvalue weighted by Gasteiger charge is -2.18. The first-order valence-electron chi connectivity index (χ1n) is 4.19. The average Bonchev–Trinajstić information content (AvgIpc) is 2.12. The lowest BCUT2D eigenvalue weighted by Crippen LogP contribution is -2.31. The Hall–Kier alpha value is -0.980. The minimum Gasteiger partial charge on any atom is -0.479 e. The summed E-state index contributed by atoms with van der Waals surface area (Å²) in [6.07, 6.45) is -6.50. The van der Waals surface area contributed by atoms with Crippen LogP contribution in [0.3, 0.4) is 0 Å². The summed E-state index contributed by atoms with van der Waals surface area (Å²) < 4.78 is 54.1. The van der Waals surface area contributed by atoms with E-state index in [1.807, 2.05) is 0 Å². The number of anilines is 1. The van der Waals surface area contributed by atoms with Gasteiger partial charge in [0.2, 0.25) is 0 Å². The minimum atomic E-state index is -4.49. The number of rotatable bonds is 2. The molecule has 0 aliphatic rings. The third-order valence-corrected chi connectivity index (χ3v) is 2.43. The monoisotopic (exact) mass is 301 g/mol. The smallest absolute Gasteiger partial charge is 0.425 e. The summed E-state index contributed by atoms with van der Waals surface area (Å²) in [5.74, 6) is -0.873. The van der Waals surface area contributed by atoms with Crippen LogP contribution >= 0.6 is 15.9 Å². The molecule has 0 radical (unpaired) electrons. The third kappa shape index (κ3) is 3.01. The maximum atomic E-state index is 12.9. The largest absolute Gasteiger partial charge is 0.479 e. The molecule has 1 atom stereocenters. The summed E-state index contributed by atoms with van der Waals surface area (Å²) in [6, 6.07) is 1.95. The van der Waals surface area contributed by atoms with E-state index in [9.17, 15) is 17.6 Å². The van der Waals surface area contributed by atoms with Gasteiger partial charge in [0.05, 0.1) is 10.2 Å². The van der Waals surface area contributed by atoms with Crippen molar-refractivity contribution in [2.45, 2.75) is 19.2 Å². The zero-order valence-electron chi connectivity index (χ0n) is 8.11. The van der Waals surface area contributed by atoms with E-state index in [4.69, 9.17) is 5.73 Å². The molecule has 0 aliphatic heterocycles. The molecule has 90 valence electrons. The molecule has 0 spiro atoms. The Kier molecular flexibility index (Phi) is 3.67. The highest BCUT2D eigenvalue weighted by Gasteiger charge is 2.38. The number of ether oxygens (including phenoxy) is 1. The summed E-state index contributed by atoms with van der Waals surface area (Å²) in [6.45, 7) is 0.844. The Balaban J connectivity index is 2.94. The van der Waals surface area contributed by atoms with E-state index in [-0.39, 0.29) is 15.9 Å². The predicted octanol–water partition coefficient (Wildman–Crippen LogP) is 3.50. The second kappa shape index (κ2) is 4.48. The van der Waals surface area contributed by atoms with Gasteiger partial charge in [0, 0.05) is 6.07 Å². The van der Waals surface area contributed by atoms with Gasteiger partial charge in [0.15, 0.2) is 6.10 Å². The molecule has 0 saturated heterocycles. The van der Waals surface area contributed by atoms with Gasteiger partial charge in [0.1, 0.15) is 11.6 Å². The Morgan fingerprint density at radius 1 is 1.38 bits per heavy atom. The van der Waals surface area contributed by atoms with Gasteiger partial charge < -0.3 is 10.5 Å². The number of hydrogen-bond donors (Lipinski definition) is 1. The molecule has 2 nitrogen and oxygen atoms in total. The fourth-order valence-electron chi connectivity index (χ4n) is 0.903. The minimum absolute atomic E-state index is 0.00826. The maximum Gasteiger partial charge on any atom is 0.425 e.